The molecule has 2 rings (SSSR count). The molecule has 0 spiro atoms. The third-order valence-electron chi connectivity index (χ3n) is 3.43. The van der Waals surface area contributed by atoms with Gasteiger partial charge in [-0.15, -0.1) is 0 Å². The van der Waals surface area contributed by atoms with Crippen molar-refractivity contribution in [1.29, 1.82) is 0 Å². The second-order valence-corrected chi connectivity index (χ2v) is 5.17. The zero-order valence-corrected chi connectivity index (χ0v) is 13.8. The molecule has 7 nitrogen and oxygen atoms in total. The van der Waals surface area contributed by atoms with Crippen LogP contribution >= 0.6 is 0 Å². The van der Waals surface area contributed by atoms with Gasteiger partial charge in [0.15, 0.2) is 0 Å². The summed E-state index contributed by atoms with van der Waals surface area (Å²) < 4.78 is 15.7. The summed E-state index contributed by atoms with van der Waals surface area (Å²) in [5.74, 6) is 1.01. The smallest absolute Gasteiger partial charge is 0.306 e. The van der Waals surface area contributed by atoms with E-state index in [0.717, 1.165) is 5.75 Å². The maximum Gasteiger partial charge on any atom is 0.306 e. The second kappa shape index (κ2) is 9.27. The van der Waals surface area contributed by atoms with E-state index in [-0.39, 0.29) is 18.7 Å². The van der Waals surface area contributed by atoms with Crippen LogP contribution in [0.3, 0.4) is 0 Å². The van der Waals surface area contributed by atoms with Gasteiger partial charge in [-0.2, -0.15) is 0 Å². The Kier molecular flexibility index (Phi) is 6.76. The van der Waals surface area contributed by atoms with Crippen molar-refractivity contribution in [1.82, 2.24) is 0 Å². The fourth-order valence-corrected chi connectivity index (χ4v) is 2.12. The molecule has 0 heterocycles. The second-order valence-electron chi connectivity index (χ2n) is 5.17. The first-order valence-corrected chi connectivity index (χ1v) is 7.75. The third kappa shape index (κ3) is 5.80. The molecule has 0 saturated heterocycles. The number of ether oxygens (including phenoxy) is 3. The monoisotopic (exact) mass is 345 g/mol. The number of hydrogen-bond donors (Lipinski definition) is 0. The molecule has 0 amide bonds. The third-order valence-corrected chi connectivity index (χ3v) is 3.43. The number of para-hydroxylation sites is 1. The van der Waals surface area contributed by atoms with Gasteiger partial charge >= 0.3 is 5.97 Å². The van der Waals surface area contributed by atoms with Crippen LogP contribution in [0.4, 0.5) is 5.69 Å². The topological polar surface area (TPSA) is 87.9 Å². The zero-order valence-electron chi connectivity index (χ0n) is 13.8. The van der Waals surface area contributed by atoms with Gasteiger partial charge in [0.2, 0.25) is 0 Å². The van der Waals surface area contributed by atoms with E-state index in [0.29, 0.717) is 24.3 Å². The van der Waals surface area contributed by atoms with Crippen molar-refractivity contribution in [3.8, 4) is 11.5 Å². The summed E-state index contributed by atoms with van der Waals surface area (Å²) in [4.78, 5) is 22.1. The number of nitro groups is 1. The van der Waals surface area contributed by atoms with E-state index < -0.39 is 10.9 Å². The SMILES string of the molecule is COc1ccc(OCCCC(=O)OCc2ccccc2[N+](=O)[O-])cc1. The van der Waals surface area contributed by atoms with Crippen LogP contribution in [0.2, 0.25) is 0 Å². The molecule has 2 aromatic carbocycles. The van der Waals surface area contributed by atoms with Gasteiger partial charge in [-0.05, 0) is 36.8 Å². The molecule has 0 N–H and O–H groups in total. The molecule has 2 aromatic rings. The first-order valence-electron chi connectivity index (χ1n) is 7.75. The molecular weight excluding hydrogens is 326 g/mol. The number of hydrogen-bond acceptors (Lipinski definition) is 6. The Morgan fingerprint density at radius 2 is 1.76 bits per heavy atom. The highest BCUT2D eigenvalue weighted by atomic mass is 16.6. The van der Waals surface area contributed by atoms with E-state index in [2.05, 4.69) is 0 Å². The lowest BCUT2D eigenvalue weighted by atomic mass is 10.2. The van der Waals surface area contributed by atoms with Gasteiger partial charge in [0.05, 0.1) is 24.2 Å². The minimum atomic E-state index is -0.494. The molecule has 0 unspecified atom stereocenters. The Labute approximate surface area is 145 Å². The molecular formula is C18H19NO6. The van der Waals surface area contributed by atoms with Crippen LogP contribution in [0.15, 0.2) is 48.5 Å². The standard InChI is InChI=1S/C18H19NO6/c1-23-15-8-10-16(11-9-15)24-12-4-7-18(20)25-13-14-5-2-3-6-17(14)19(21)22/h2-3,5-6,8-11H,4,7,12-13H2,1H3. The summed E-state index contributed by atoms with van der Waals surface area (Å²) in [5.41, 5.74) is 0.313. The number of nitro benzene ring substituents is 1. The number of rotatable bonds is 9. The molecule has 0 radical (unpaired) electrons. The molecule has 0 saturated carbocycles. The largest absolute Gasteiger partial charge is 0.497 e. The molecule has 0 bridgehead atoms. The Hall–Kier alpha value is -3.09. The summed E-state index contributed by atoms with van der Waals surface area (Å²) >= 11 is 0. The number of benzene rings is 2. The van der Waals surface area contributed by atoms with Gasteiger partial charge in [-0.1, -0.05) is 12.1 Å². The van der Waals surface area contributed by atoms with Crippen molar-refractivity contribution < 1.29 is 23.9 Å². The maximum absolute atomic E-state index is 11.7. The molecule has 25 heavy (non-hydrogen) atoms. The number of esters is 1. The predicted octanol–water partition coefficient (Wildman–Crippen LogP) is 3.51. The van der Waals surface area contributed by atoms with Crippen LogP contribution in [-0.2, 0) is 16.1 Å². The quantitative estimate of drug-likeness (QED) is 0.299. The Bertz CT molecular complexity index is 714. The number of methoxy groups -OCH3 is 1. The van der Waals surface area contributed by atoms with Crippen molar-refractivity contribution >= 4 is 11.7 Å². The van der Waals surface area contributed by atoms with Gasteiger partial charge in [0, 0.05) is 12.5 Å². The molecule has 0 aliphatic rings. The molecule has 0 aliphatic heterocycles. The average Bonchev–Trinajstić information content (AvgIpc) is 2.64. The van der Waals surface area contributed by atoms with Crippen molar-refractivity contribution in [2.45, 2.75) is 19.4 Å². The molecule has 7 heteroatoms. The molecule has 132 valence electrons. The van der Waals surface area contributed by atoms with E-state index in [9.17, 15) is 14.9 Å². The fourth-order valence-electron chi connectivity index (χ4n) is 2.12. The van der Waals surface area contributed by atoms with E-state index in [1.165, 1.54) is 6.07 Å². The lowest BCUT2D eigenvalue weighted by Gasteiger charge is -2.08. The summed E-state index contributed by atoms with van der Waals surface area (Å²) in [5, 5.41) is 10.9. The van der Waals surface area contributed by atoms with Crippen molar-refractivity contribution in [3.05, 3.63) is 64.2 Å². The van der Waals surface area contributed by atoms with E-state index in [1.807, 2.05) is 0 Å². The van der Waals surface area contributed by atoms with E-state index >= 15 is 0 Å². The molecule has 0 atom stereocenters. The summed E-state index contributed by atoms with van der Waals surface area (Å²) in [6, 6.07) is 13.3. The number of nitrogens with zero attached hydrogens (tertiary/aromatic N) is 1. The van der Waals surface area contributed by atoms with Crippen LogP contribution < -0.4 is 9.47 Å². The van der Waals surface area contributed by atoms with Crippen LogP contribution in [-0.4, -0.2) is 24.6 Å². The van der Waals surface area contributed by atoms with Crippen LogP contribution in [0, 0.1) is 10.1 Å². The predicted molar refractivity (Wildman–Crippen MR) is 90.6 cm³/mol. The molecule has 0 aliphatic carbocycles. The van der Waals surface area contributed by atoms with Gasteiger partial charge in [0.1, 0.15) is 18.1 Å². The summed E-state index contributed by atoms with van der Waals surface area (Å²) in [6.07, 6.45) is 0.665. The Balaban J connectivity index is 1.69. The summed E-state index contributed by atoms with van der Waals surface area (Å²) in [6.45, 7) is 0.252. The van der Waals surface area contributed by atoms with Crippen molar-refractivity contribution in [2.75, 3.05) is 13.7 Å². The van der Waals surface area contributed by atoms with E-state index in [1.54, 1.807) is 49.6 Å². The van der Waals surface area contributed by atoms with E-state index in [4.69, 9.17) is 14.2 Å². The minimum absolute atomic E-state index is 0.0573. The van der Waals surface area contributed by atoms with Gasteiger partial charge in [0.25, 0.3) is 5.69 Å². The highest BCUT2D eigenvalue weighted by Gasteiger charge is 2.14. The van der Waals surface area contributed by atoms with Crippen LogP contribution in [0.5, 0.6) is 11.5 Å². The first kappa shape index (κ1) is 18.3. The minimum Gasteiger partial charge on any atom is -0.497 e. The van der Waals surface area contributed by atoms with Crippen LogP contribution in [0.25, 0.3) is 0 Å². The lowest BCUT2D eigenvalue weighted by molar-refractivity contribution is -0.385. The molecule has 0 aromatic heterocycles. The highest BCUT2D eigenvalue weighted by molar-refractivity contribution is 5.69. The highest BCUT2D eigenvalue weighted by Crippen LogP contribution is 2.19. The van der Waals surface area contributed by atoms with Gasteiger partial charge < -0.3 is 14.2 Å². The maximum atomic E-state index is 11.7. The van der Waals surface area contributed by atoms with Crippen LogP contribution in [0.1, 0.15) is 18.4 Å². The normalized spacial score (nSPS) is 10.1. The molecule has 0 fully saturated rings. The zero-order chi connectivity index (χ0) is 18.1. The summed E-state index contributed by atoms with van der Waals surface area (Å²) in [7, 11) is 1.59. The lowest BCUT2D eigenvalue weighted by Crippen LogP contribution is -2.08. The Morgan fingerprint density at radius 3 is 2.44 bits per heavy atom. The number of carbonyl (C=O) groups is 1. The van der Waals surface area contributed by atoms with Gasteiger partial charge in [-0.3, -0.25) is 14.9 Å². The Morgan fingerprint density at radius 1 is 1.08 bits per heavy atom. The van der Waals surface area contributed by atoms with Crippen molar-refractivity contribution in [2.24, 2.45) is 0 Å². The average molecular weight is 345 g/mol. The fraction of sp³-hybridized carbons (Fsp3) is 0.278. The number of carbonyl (C=O) groups excluding carboxylic acids is 1. The first-order chi connectivity index (χ1) is 12.1. The van der Waals surface area contributed by atoms with Gasteiger partial charge in [-0.25, -0.2) is 0 Å². The van der Waals surface area contributed by atoms with Crippen molar-refractivity contribution in [3.63, 3.8) is 0 Å².